The van der Waals surface area contributed by atoms with Crippen molar-refractivity contribution in [2.45, 2.75) is 38.6 Å². The molecule has 0 spiro atoms. The highest BCUT2D eigenvalue weighted by molar-refractivity contribution is 5.78. The Bertz CT molecular complexity index is 579. The topological polar surface area (TPSA) is 50.6 Å². The van der Waals surface area contributed by atoms with Crippen LogP contribution in [0.1, 0.15) is 43.0 Å². The molecule has 1 saturated carbocycles. The molecule has 1 atom stereocenters. The van der Waals surface area contributed by atoms with Crippen LogP contribution in [0.5, 0.6) is 5.88 Å². The smallest absolute Gasteiger partial charge is 0.236 e. The molecule has 1 amide bonds. The van der Waals surface area contributed by atoms with Crippen molar-refractivity contribution in [1.82, 2.24) is 19.6 Å². The molecule has 1 aliphatic carbocycles. The largest absolute Gasteiger partial charge is 0.481 e. The number of aryl methyl sites for hydroxylation is 2. The molecule has 0 bridgehead atoms. The molecule has 2 fully saturated rings. The molecular weight excluding hydrogens is 292 g/mol. The third-order valence-electron chi connectivity index (χ3n) is 5.10. The summed E-state index contributed by atoms with van der Waals surface area (Å²) in [5, 5.41) is 4.49. The van der Waals surface area contributed by atoms with Gasteiger partial charge in [0.15, 0.2) is 0 Å². The summed E-state index contributed by atoms with van der Waals surface area (Å²) in [7, 11) is 5.53. The summed E-state index contributed by atoms with van der Waals surface area (Å²) >= 11 is 0. The van der Waals surface area contributed by atoms with Crippen LogP contribution in [0.25, 0.3) is 0 Å². The van der Waals surface area contributed by atoms with Gasteiger partial charge in [0.1, 0.15) is 0 Å². The number of methoxy groups -OCH3 is 1. The molecule has 23 heavy (non-hydrogen) atoms. The normalized spacial score (nSPS) is 21.7. The molecule has 2 heterocycles. The number of hydrogen-bond acceptors (Lipinski definition) is 4. The number of aromatic nitrogens is 2. The summed E-state index contributed by atoms with van der Waals surface area (Å²) in [6.45, 7) is 4.39. The third kappa shape index (κ3) is 3.37. The average Bonchev–Trinajstić information content (AvgIpc) is 3.13. The van der Waals surface area contributed by atoms with Gasteiger partial charge in [-0.25, -0.2) is 4.68 Å². The summed E-state index contributed by atoms with van der Waals surface area (Å²) in [6.07, 6.45) is 4.72. The van der Waals surface area contributed by atoms with Crippen LogP contribution in [0.4, 0.5) is 0 Å². The SMILES string of the molecule is COc1c(C2CCCN2CC(=O)N(C)CC2CC2)c(C)nn1C. The zero-order chi connectivity index (χ0) is 16.6. The van der Waals surface area contributed by atoms with Gasteiger partial charge in [0, 0.05) is 26.7 Å². The molecule has 128 valence electrons. The van der Waals surface area contributed by atoms with Crippen LogP contribution in [0.3, 0.4) is 0 Å². The van der Waals surface area contributed by atoms with E-state index in [-0.39, 0.29) is 11.9 Å². The maximum Gasteiger partial charge on any atom is 0.236 e. The van der Waals surface area contributed by atoms with Crippen molar-refractivity contribution in [2.75, 3.05) is 33.8 Å². The van der Waals surface area contributed by atoms with E-state index in [1.807, 2.05) is 25.9 Å². The van der Waals surface area contributed by atoms with Crippen molar-refractivity contribution in [2.24, 2.45) is 13.0 Å². The standard InChI is InChI=1S/C17H28N4O2/c1-12-16(17(23-4)20(3)18-12)14-6-5-9-21(14)11-15(22)19(2)10-13-7-8-13/h13-14H,5-11H2,1-4H3. The third-order valence-corrected chi connectivity index (χ3v) is 5.10. The first-order chi connectivity index (χ1) is 11.0. The van der Waals surface area contributed by atoms with Crippen molar-refractivity contribution >= 4 is 5.91 Å². The number of carbonyl (C=O) groups is 1. The van der Waals surface area contributed by atoms with E-state index in [1.54, 1.807) is 11.8 Å². The second-order valence-electron chi connectivity index (χ2n) is 6.98. The van der Waals surface area contributed by atoms with Crippen LogP contribution >= 0.6 is 0 Å². The van der Waals surface area contributed by atoms with Crippen molar-refractivity contribution in [1.29, 1.82) is 0 Å². The van der Waals surface area contributed by atoms with E-state index >= 15 is 0 Å². The van der Waals surface area contributed by atoms with Gasteiger partial charge in [0.05, 0.1) is 24.9 Å². The van der Waals surface area contributed by atoms with Crippen LogP contribution in [-0.2, 0) is 11.8 Å². The van der Waals surface area contributed by atoms with Gasteiger partial charge >= 0.3 is 0 Å². The Labute approximate surface area is 138 Å². The molecular formula is C17H28N4O2. The fraction of sp³-hybridized carbons (Fsp3) is 0.765. The number of rotatable bonds is 6. The van der Waals surface area contributed by atoms with Gasteiger partial charge in [-0.2, -0.15) is 5.10 Å². The lowest BCUT2D eigenvalue weighted by Crippen LogP contribution is -2.39. The number of ether oxygens (including phenoxy) is 1. The highest BCUT2D eigenvalue weighted by Gasteiger charge is 2.34. The van der Waals surface area contributed by atoms with Gasteiger partial charge in [-0.05, 0) is 45.1 Å². The van der Waals surface area contributed by atoms with Crippen LogP contribution in [0, 0.1) is 12.8 Å². The molecule has 2 aliphatic rings. The first-order valence-corrected chi connectivity index (χ1v) is 8.56. The van der Waals surface area contributed by atoms with Crippen molar-refractivity contribution in [3.63, 3.8) is 0 Å². The molecule has 1 unspecified atom stereocenters. The Morgan fingerprint density at radius 2 is 2.13 bits per heavy atom. The van der Waals surface area contributed by atoms with Crippen LogP contribution in [-0.4, -0.2) is 59.3 Å². The maximum absolute atomic E-state index is 12.5. The zero-order valence-corrected chi connectivity index (χ0v) is 14.7. The zero-order valence-electron chi connectivity index (χ0n) is 14.7. The maximum atomic E-state index is 12.5. The molecule has 1 aromatic heterocycles. The lowest BCUT2D eigenvalue weighted by molar-refractivity contribution is -0.131. The second-order valence-corrected chi connectivity index (χ2v) is 6.98. The lowest BCUT2D eigenvalue weighted by atomic mass is 10.0. The summed E-state index contributed by atoms with van der Waals surface area (Å²) < 4.78 is 7.34. The van der Waals surface area contributed by atoms with E-state index in [9.17, 15) is 4.79 Å². The average molecular weight is 320 g/mol. The van der Waals surface area contributed by atoms with Crippen LogP contribution < -0.4 is 4.74 Å². The van der Waals surface area contributed by atoms with Gasteiger partial charge in [-0.15, -0.1) is 0 Å². The lowest BCUT2D eigenvalue weighted by Gasteiger charge is -2.27. The molecule has 0 N–H and O–H groups in total. The van der Waals surface area contributed by atoms with Crippen molar-refractivity contribution in [3.8, 4) is 5.88 Å². The molecule has 0 aromatic carbocycles. The van der Waals surface area contributed by atoms with Gasteiger partial charge < -0.3 is 9.64 Å². The van der Waals surface area contributed by atoms with E-state index in [2.05, 4.69) is 10.00 Å². The molecule has 0 radical (unpaired) electrons. The van der Waals surface area contributed by atoms with Crippen molar-refractivity contribution < 1.29 is 9.53 Å². The minimum atomic E-state index is 0.226. The van der Waals surface area contributed by atoms with Gasteiger partial charge in [-0.1, -0.05) is 0 Å². The van der Waals surface area contributed by atoms with Crippen LogP contribution in [0.2, 0.25) is 0 Å². The van der Waals surface area contributed by atoms with Crippen LogP contribution in [0.15, 0.2) is 0 Å². The van der Waals surface area contributed by atoms with E-state index in [0.717, 1.165) is 49.0 Å². The highest BCUT2D eigenvalue weighted by atomic mass is 16.5. The fourth-order valence-corrected chi connectivity index (χ4v) is 3.71. The predicted octanol–water partition coefficient (Wildman–Crippen LogP) is 1.74. The van der Waals surface area contributed by atoms with Gasteiger partial charge in [0.2, 0.25) is 11.8 Å². The quantitative estimate of drug-likeness (QED) is 0.801. The number of nitrogens with zero attached hydrogens (tertiary/aromatic N) is 4. The Morgan fingerprint density at radius 3 is 2.78 bits per heavy atom. The molecule has 1 aromatic rings. The monoisotopic (exact) mass is 320 g/mol. The minimum Gasteiger partial charge on any atom is -0.481 e. The number of carbonyl (C=O) groups excluding carboxylic acids is 1. The minimum absolute atomic E-state index is 0.226. The van der Waals surface area contributed by atoms with E-state index < -0.39 is 0 Å². The number of likely N-dealkylation sites (N-methyl/N-ethyl adjacent to an activating group) is 1. The molecule has 3 rings (SSSR count). The predicted molar refractivity (Wildman–Crippen MR) is 88.4 cm³/mol. The Kier molecular flexibility index (Phi) is 4.62. The summed E-state index contributed by atoms with van der Waals surface area (Å²) in [6, 6.07) is 0.233. The van der Waals surface area contributed by atoms with Gasteiger partial charge in [0.25, 0.3) is 0 Å². The summed E-state index contributed by atoms with van der Waals surface area (Å²) in [5.41, 5.74) is 2.14. The number of likely N-dealkylation sites (tertiary alicyclic amines) is 1. The fourth-order valence-electron chi connectivity index (χ4n) is 3.71. The Morgan fingerprint density at radius 1 is 1.39 bits per heavy atom. The second kappa shape index (κ2) is 6.51. The first-order valence-electron chi connectivity index (χ1n) is 8.56. The van der Waals surface area contributed by atoms with Crippen molar-refractivity contribution in [3.05, 3.63) is 11.3 Å². The number of amides is 1. The molecule has 1 aliphatic heterocycles. The summed E-state index contributed by atoms with van der Waals surface area (Å²) in [4.78, 5) is 16.7. The van der Waals surface area contributed by atoms with E-state index in [0.29, 0.717) is 6.54 Å². The van der Waals surface area contributed by atoms with Gasteiger partial charge in [-0.3, -0.25) is 9.69 Å². The first kappa shape index (κ1) is 16.3. The molecule has 6 nitrogen and oxygen atoms in total. The summed E-state index contributed by atoms with van der Waals surface area (Å²) in [5.74, 6) is 1.78. The number of hydrogen-bond donors (Lipinski definition) is 0. The van der Waals surface area contributed by atoms with E-state index in [4.69, 9.17) is 4.74 Å². The van der Waals surface area contributed by atoms with E-state index in [1.165, 1.54) is 12.8 Å². The Hall–Kier alpha value is -1.56. The molecule has 6 heteroatoms. The highest BCUT2D eigenvalue weighted by Crippen LogP contribution is 2.38. The Balaban J connectivity index is 1.71. The molecule has 1 saturated heterocycles.